The first-order valence-electron chi connectivity index (χ1n) is 6.56. The SMILES string of the molecule is CCCNC(CSc1ccccc1Br)c1sccc1Cl. The van der Waals surface area contributed by atoms with E-state index in [9.17, 15) is 0 Å². The Morgan fingerprint density at radius 2 is 2.15 bits per heavy atom. The van der Waals surface area contributed by atoms with Crippen LogP contribution in [0.25, 0.3) is 0 Å². The van der Waals surface area contributed by atoms with Gasteiger partial charge in [-0.2, -0.15) is 0 Å². The van der Waals surface area contributed by atoms with Crippen LogP contribution in [0.2, 0.25) is 5.02 Å². The number of thioether (sulfide) groups is 1. The van der Waals surface area contributed by atoms with Gasteiger partial charge in [0.15, 0.2) is 0 Å². The van der Waals surface area contributed by atoms with Gasteiger partial charge in [0.05, 0.1) is 11.1 Å². The molecule has 1 nitrogen and oxygen atoms in total. The van der Waals surface area contributed by atoms with Crippen LogP contribution in [0.5, 0.6) is 0 Å². The standard InChI is InChI=1S/C15H17BrClNS2/c1-2-8-18-13(15-12(17)7-9-19-15)10-20-14-6-4-3-5-11(14)16/h3-7,9,13,18H,2,8,10H2,1H3. The lowest BCUT2D eigenvalue weighted by atomic mass is 10.2. The molecule has 0 fully saturated rings. The highest BCUT2D eigenvalue weighted by atomic mass is 79.9. The van der Waals surface area contributed by atoms with Crippen LogP contribution in [0.15, 0.2) is 45.1 Å². The summed E-state index contributed by atoms with van der Waals surface area (Å²) in [5.41, 5.74) is 0. The van der Waals surface area contributed by atoms with Gasteiger partial charge in [-0.1, -0.05) is 30.7 Å². The van der Waals surface area contributed by atoms with Gasteiger partial charge < -0.3 is 5.32 Å². The quantitative estimate of drug-likeness (QED) is 0.582. The molecule has 0 amide bonds. The summed E-state index contributed by atoms with van der Waals surface area (Å²) in [6.45, 7) is 3.19. The molecule has 1 N–H and O–H groups in total. The van der Waals surface area contributed by atoms with Gasteiger partial charge >= 0.3 is 0 Å². The van der Waals surface area contributed by atoms with Gasteiger partial charge in [0.1, 0.15) is 0 Å². The Kier molecular flexibility index (Phi) is 6.91. The first-order valence-corrected chi connectivity index (χ1v) is 9.59. The maximum atomic E-state index is 6.28. The molecule has 0 spiro atoms. The van der Waals surface area contributed by atoms with E-state index in [1.54, 1.807) is 11.3 Å². The van der Waals surface area contributed by atoms with Crippen molar-refractivity contribution in [1.29, 1.82) is 0 Å². The minimum Gasteiger partial charge on any atom is -0.309 e. The molecule has 0 aliphatic carbocycles. The second kappa shape index (κ2) is 8.44. The monoisotopic (exact) mass is 389 g/mol. The number of halogens is 2. The molecular formula is C15H17BrClNS2. The fourth-order valence-electron chi connectivity index (χ4n) is 1.83. The summed E-state index contributed by atoms with van der Waals surface area (Å²) in [4.78, 5) is 2.50. The Balaban J connectivity index is 2.05. The molecule has 0 aliphatic rings. The zero-order valence-corrected chi connectivity index (χ0v) is 15.2. The first-order chi connectivity index (χ1) is 9.72. The molecule has 1 aromatic carbocycles. The smallest absolute Gasteiger partial charge is 0.0561 e. The molecule has 1 aromatic heterocycles. The summed E-state index contributed by atoms with van der Waals surface area (Å²) in [5, 5.41) is 6.52. The maximum Gasteiger partial charge on any atom is 0.0561 e. The van der Waals surface area contributed by atoms with Crippen LogP contribution in [0.1, 0.15) is 24.3 Å². The van der Waals surface area contributed by atoms with E-state index in [0.29, 0.717) is 6.04 Å². The highest BCUT2D eigenvalue weighted by Gasteiger charge is 2.16. The summed E-state index contributed by atoms with van der Waals surface area (Å²) in [6.07, 6.45) is 1.12. The summed E-state index contributed by atoms with van der Waals surface area (Å²) < 4.78 is 1.15. The molecule has 108 valence electrons. The molecule has 2 rings (SSSR count). The number of hydrogen-bond acceptors (Lipinski definition) is 3. The van der Waals surface area contributed by atoms with Gasteiger partial charge in [-0.05, 0) is 52.5 Å². The van der Waals surface area contributed by atoms with Crippen molar-refractivity contribution in [2.45, 2.75) is 24.3 Å². The topological polar surface area (TPSA) is 12.0 Å². The second-order valence-corrected chi connectivity index (χ2v) is 7.65. The number of benzene rings is 1. The van der Waals surface area contributed by atoms with Gasteiger partial charge in [0, 0.05) is 20.0 Å². The number of thiophene rings is 1. The van der Waals surface area contributed by atoms with E-state index in [1.807, 2.05) is 23.9 Å². The van der Waals surface area contributed by atoms with Crippen LogP contribution in [0, 0.1) is 0 Å². The average molecular weight is 391 g/mol. The summed E-state index contributed by atoms with van der Waals surface area (Å²) in [7, 11) is 0. The third kappa shape index (κ3) is 4.50. The van der Waals surface area contributed by atoms with E-state index in [1.165, 1.54) is 9.77 Å². The lowest BCUT2D eigenvalue weighted by Crippen LogP contribution is -2.23. The van der Waals surface area contributed by atoms with Crippen LogP contribution in [-0.4, -0.2) is 12.3 Å². The normalized spacial score (nSPS) is 12.6. The summed E-state index contributed by atoms with van der Waals surface area (Å²) >= 11 is 13.5. The highest BCUT2D eigenvalue weighted by molar-refractivity contribution is 9.10. The van der Waals surface area contributed by atoms with Crippen molar-refractivity contribution in [3.63, 3.8) is 0 Å². The van der Waals surface area contributed by atoms with Crippen LogP contribution in [-0.2, 0) is 0 Å². The Labute approximate surface area is 142 Å². The fourth-order valence-corrected chi connectivity index (χ4v) is 4.85. The number of hydrogen-bond donors (Lipinski definition) is 1. The molecule has 20 heavy (non-hydrogen) atoms. The average Bonchev–Trinajstić information content (AvgIpc) is 2.87. The van der Waals surface area contributed by atoms with Crippen molar-refractivity contribution in [1.82, 2.24) is 5.32 Å². The molecule has 1 unspecified atom stereocenters. The molecule has 1 heterocycles. The minimum atomic E-state index is 0.305. The van der Waals surface area contributed by atoms with Gasteiger partial charge in [0.25, 0.3) is 0 Å². The fraction of sp³-hybridized carbons (Fsp3) is 0.333. The molecule has 0 bridgehead atoms. The Morgan fingerprint density at radius 1 is 1.35 bits per heavy atom. The van der Waals surface area contributed by atoms with E-state index in [-0.39, 0.29) is 0 Å². The van der Waals surface area contributed by atoms with Gasteiger partial charge in [-0.25, -0.2) is 0 Å². The molecule has 0 saturated heterocycles. The third-order valence-electron chi connectivity index (χ3n) is 2.84. The van der Waals surface area contributed by atoms with E-state index in [4.69, 9.17) is 11.6 Å². The van der Waals surface area contributed by atoms with E-state index >= 15 is 0 Å². The van der Waals surface area contributed by atoms with Gasteiger partial charge in [-0.15, -0.1) is 23.1 Å². The maximum absolute atomic E-state index is 6.28. The molecular weight excluding hydrogens is 374 g/mol. The Morgan fingerprint density at radius 3 is 2.80 bits per heavy atom. The molecule has 2 aromatic rings. The van der Waals surface area contributed by atoms with Crippen LogP contribution in [0.3, 0.4) is 0 Å². The Hall–Kier alpha value is -0.0000000000000000555. The third-order valence-corrected chi connectivity index (χ3v) is 6.44. The van der Waals surface area contributed by atoms with Crippen LogP contribution in [0.4, 0.5) is 0 Å². The van der Waals surface area contributed by atoms with Crippen molar-refractivity contribution in [2.24, 2.45) is 0 Å². The lowest BCUT2D eigenvalue weighted by molar-refractivity contribution is 0.585. The molecule has 1 atom stereocenters. The first kappa shape index (κ1) is 16.4. The van der Waals surface area contributed by atoms with Crippen molar-refractivity contribution < 1.29 is 0 Å². The highest BCUT2D eigenvalue weighted by Crippen LogP contribution is 2.34. The van der Waals surface area contributed by atoms with Crippen molar-refractivity contribution in [2.75, 3.05) is 12.3 Å². The minimum absolute atomic E-state index is 0.305. The van der Waals surface area contributed by atoms with Crippen LogP contribution >= 0.6 is 50.6 Å². The molecule has 5 heteroatoms. The largest absolute Gasteiger partial charge is 0.309 e. The van der Waals surface area contributed by atoms with Crippen molar-refractivity contribution in [3.05, 3.63) is 50.1 Å². The summed E-state index contributed by atoms with van der Waals surface area (Å²) in [6, 6.07) is 10.6. The van der Waals surface area contributed by atoms with Crippen molar-refractivity contribution >= 4 is 50.6 Å². The molecule has 0 aliphatic heterocycles. The number of rotatable bonds is 7. The van der Waals surface area contributed by atoms with Gasteiger partial charge in [-0.3, -0.25) is 0 Å². The van der Waals surface area contributed by atoms with E-state index in [0.717, 1.165) is 28.2 Å². The zero-order chi connectivity index (χ0) is 14.4. The number of nitrogens with one attached hydrogen (secondary N) is 1. The van der Waals surface area contributed by atoms with Gasteiger partial charge in [0.2, 0.25) is 0 Å². The molecule has 0 radical (unpaired) electrons. The van der Waals surface area contributed by atoms with E-state index < -0.39 is 0 Å². The predicted molar refractivity (Wildman–Crippen MR) is 95.2 cm³/mol. The van der Waals surface area contributed by atoms with Crippen molar-refractivity contribution in [3.8, 4) is 0 Å². The second-order valence-electron chi connectivity index (χ2n) is 4.38. The summed E-state index contributed by atoms with van der Waals surface area (Å²) in [5.74, 6) is 0.975. The lowest BCUT2D eigenvalue weighted by Gasteiger charge is -2.18. The van der Waals surface area contributed by atoms with Crippen LogP contribution < -0.4 is 5.32 Å². The Bertz CT molecular complexity index is 544. The van der Waals surface area contributed by atoms with E-state index in [2.05, 4.69) is 51.7 Å². The zero-order valence-electron chi connectivity index (χ0n) is 11.2. The predicted octanol–water partition coefficient (Wildman–Crippen LogP) is 6.00. The molecule has 0 saturated carbocycles.